The van der Waals surface area contributed by atoms with E-state index in [2.05, 4.69) is 20.2 Å². The van der Waals surface area contributed by atoms with Gasteiger partial charge in [-0.05, 0) is 61.0 Å². The molecule has 0 radical (unpaired) electrons. The topological polar surface area (TPSA) is 93.2 Å². The van der Waals surface area contributed by atoms with Crippen molar-refractivity contribution in [2.24, 2.45) is 0 Å². The van der Waals surface area contributed by atoms with E-state index < -0.39 is 10.0 Å². The van der Waals surface area contributed by atoms with E-state index in [0.29, 0.717) is 22.8 Å². The minimum Gasteiger partial charge on any atom is -0.496 e. The number of ether oxygens (including phenoxy) is 1. The number of benzene rings is 2. The molecule has 7 nitrogen and oxygen atoms in total. The zero-order valence-corrected chi connectivity index (χ0v) is 15.4. The lowest BCUT2D eigenvalue weighted by Gasteiger charge is -2.10. The second-order valence-corrected chi connectivity index (χ2v) is 7.36. The highest BCUT2D eigenvalue weighted by Gasteiger charge is 2.16. The van der Waals surface area contributed by atoms with Gasteiger partial charge in [-0.2, -0.15) is 0 Å². The average molecular weight is 388 g/mol. The third-order valence-electron chi connectivity index (χ3n) is 3.68. The summed E-state index contributed by atoms with van der Waals surface area (Å²) in [5.74, 6) is 0.630. The lowest BCUT2D eigenvalue weighted by molar-refractivity contribution is 0.411. The van der Waals surface area contributed by atoms with Crippen LogP contribution in [-0.4, -0.2) is 25.7 Å². The molecule has 3 rings (SSSR count). The number of nitrogens with zero attached hydrogens (tertiary/aromatic N) is 2. The van der Waals surface area contributed by atoms with E-state index in [0.717, 1.165) is 0 Å². The second kappa shape index (κ2) is 7.58. The molecule has 0 fully saturated rings. The Morgan fingerprint density at radius 2 is 1.74 bits per heavy atom. The molecule has 0 bridgehead atoms. The normalized spacial score (nSPS) is 11.1. The van der Waals surface area contributed by atoms with Gasteiger partial charge in [0.05, 0.1) is 12.0 Å². The molecule has 9 heteroatoms. The SMILES string of the molecule is COc1ccc(S(=O)(=O)Nc2ccc(Nc3cccc(F)c3)nn2)cc1C. The lowest BCUT2D eigenvalue weighted by atomic mass is 10.2. The van der Waals surface area contributed by atoms with Crippen LogP contribution < -0.4 is 14.8 Å². The fourth-order valence-corrected chi connectivity index (χ4v) is 3.46. The van der Waals surface area contributed by atoms with Crippen LogP contribution in [0.4, 0.5) is 21.7 Å². The van der Waals surface area contributed by atoms with E-state index in [9.17, 15) is 12.8 Å². The minimum absolute atomic E-state index is 0.0632. The number of methoxy groups -OCH3 is 1. The van der Waals surface area contributed by atoms with Gasteiger partial charge in [-0.25, -0.2) is 12.8 Å². The predicted octanol–water partition coefficient (Wildman–Crippen LogP) is 3.48. The summed E-state index contributed by atoms with van der Waals surface area (Å²) in [7, 11) is -2.30. The van der Waals surface area contributed by atoms with Crippen molar-refractivity contribution >= 4 is 27.3 Å². The Hall–Kier alpha value is -3.20. The first-order valence-electron chi connectivity index (χ1n) is 7.91. The smallest absolute Gasteiger partial charge is 0.263 e. The summed E-state index contributed by atoms with van der Waals surface area (Å²) < 4.78 is 45.7. The highest BCUT2D eigenvalue weighted by molar-refractivity contribution is 7.92. The summed E-state index contributed by atoms with van der Waals surface area (Å²) in [5.41, 5.74) is 1.20. The van der Waals surface area contributed by atoms with Gasteiger partial charge in [-0.1, -0.05) is 6.07 Å². The van der Waals surface area contributed by atoms with Gasteiger partial charge in [-0.15, -0.1) is 10.2 Å². The summed E-state index contributed by atoms with van der Waals surface area (Å²) in [6, 6.07) is 13.4. The molecule has 2 N–H and O–H groups in total. The Balaban J connectivity index is 1.74. The summed E-state index contributed by atoms with van der Waals surface area (Å²) in [6.45, 7) is 1.75. The van der Waals surface area contributed by atoms with Gasteiger partial charge in [0.1, 0.15) is 11.6 Å². The maximum Gasteiger partial charge on any atom is 0.263 e. The first-order chi connectivity index (χ1) is 12.9. The summed E-state index contributed by atoms with van der Waals surface area (Å²) >= 11 is 0. The molecule has 3 aromatic rings. The highest BCUT2D eigenvalue weighted by atomic mass is 32.2. The largest absolute Gasteiger partial charge is 0.496 e. The number of hydrogen-bond acceptors (Lipinski definition) is 6. The molecule has 2 aromatic carbocycles. The van der Waals surface area contributed by atoms with Crippen LogP contribution in [0.1, 0.15) is 5.56 Å². The molecular formula is C18H17FN4O3S. The molecule has 1 heterocycles. The van der Waals surface area contributed by atoms with Crippen molar-refractivity contribution in [2.75, 3.05) is 17.1 Å². The van der Waals surface area contributed by atoms with Crippen molar-refractivity contribution in [3.05, 3.63) is 66.0 Å². The van der Waals surface area contributed by atoms with E-state index in [-0.39, 0.29) is 16.5 Å². The Morgan fingerprint density at radius 3 is 2.37 bits per heavy atom. The van der Waals surface area contributed by atoms with Crippen LogP contribution in [0.15, 0.2) is 59.5 Å². The number of aryl methyl sites for hydroxylation is 1. The number of sulfonamides is 1. The zero-order valence-electron chi connectivity index (χ0n) is 14.6. The molecule has 0 aliphatic heterocycles. The number of aromatic nitrogens is 2. The number of nitrogens with one attached hydrogen (secondary N) is 2. The monoisotopic (exact) mass is 388 g/mol. The first-order valence-corrected chi connectivity index (χ1v) is 9.39. The van der Waals surface area contributed by atoms with Crippen LogP contribution in [0.25, 0.3) is 0 Å². The van der Waals surface area contributed by atoms with Gasteiger partial charge >= 0.3 is 0 Å². The van der Waals surface area contributed by atoms with Crippen LogP contribution in [-0.2, 0) is 10.0 Å². The molecule has 140 valence electrons. The van der Waals surface area contributed by atoms with Crippen LogP contribution in [0, 0.1) is 12.7 Å². The minimum atomic E-state index is -3.82. The molecule has 1 aromatic heterocycles. The molecule has 0 amide bonds. The molecule has 0 atom stereocenters. The van der Waals surface area contributed by atoms with E-state index >= 15 is 0 Å². The van der Waals surface area contributed by atoms with Crippen molar-refractivity contribution in [3.63, 3.8) is 0 Å². The fourth-order valence-electron chi connectivity index (χ4n) is 2.38. The highest BCUT2D eigenvalue weighted by Crippen LogP contribution is 2.23. The third kappa shape index (κ3) is 4.50. The van der Waals surface area contributed by atoms with E-state index in [1.54, 1.807) is 25.1 Å². The van der Waals surface area contributed by atoms with Gasteiger partial charge in [0, 0.05) is 5.69 Å². The van der Waals surface area contributed by atoms with E-state index in [1.807, 2.05) is 0 Å². The van der Waals surface area contributed by atoms with Crippen LogP contribution in [0.5, 0.6) is 5.75 Å². The van der Waals surface area contributed by atoms with Crippen molar-refractivity contribution in [1.82, 2.24) is 10.2 Å². The Labute approximate surface area is 156 Å². The summed E-state index contributed by atoms with van der Waals surface area (Å²) in [6.07, 6.45) is 0. The van der Waals surface area contributed by atoms with Crippen molar-refractivity contribution in [3.8, 4) is 5.75 Å². The number of anilines is 3. The summed E-state index contributed by atoms with van der Waals surface area (Å²) in [5, 5.41) is 10.6. The van der Waals surface area contributed by atoms with Crippen molar-refractivity contribution < 1.29 is 17.5 Å². The maximum absolute atomic E-state index is 13.2. The maximum atomic E-state index is 13.2. The first kappa shape index (κ1) is 18.6. The number of halogens is 1. The van der Waals surface area contributed by atoms with Gasteiger partial charge < -0.3 is 10.1 Å². The Morgan fingerprint density at radius 1 is 1.00 bits per heavy atom. The van der Waals surface area contributed by atoms with Gasteiger partial charge in [0.25, 0.3) is 10.0 Å². The van der Waals surface area contributed by atoms with E-state index in [1.165, 1.54) is 43.5 Å². The van der Waals surface area contributed by atoms with Crippen LogP contribution >= 0.6 is 0 Å². The fraction of sp³-hybridized carbons (Fsp3) is 0.111. The van der Waals surface area contributed by atoms with Crippen molar-refractivity contribution in [2.45, 2.75) is 11.8 Å². The quantitative estimate of drug-likeness (QED) is 0.672. The standard InChI is InChI=1S/C18H17FN4O3S/c1-12-10-15(6-7-16(12)26-2)27(24,25)23-18-9-8-17(21-22-18)20-14-5-3-4-13(19)11-14/h3-11H,1-2H3,(H,20,21)(H,22,23). The molecular weight excluding hydrogens is 371 g/mol. The lowest BCUT2D eigenvalue weighted by Crippen LogP contribution is -2.14. The van der Waals surface area contributed by atoms with Crippen molar-refractivity contribution in [1.29, 1.82) is 0 Å². The molecule has 0 unspecified atom stereocenters. The van der Waals surface area contributed by atoms with Gasteiger partial charge in [-0.3, -0.25) is 4.72 Å². The molecule has 27 heavy (non-hydrogen) atoms. The predicted molar refractivity (Wildman–Crippen MR) is 100 cm³/mol. The number of rotatable bonds is 6. The number of hydrogen-bond donors (Lipinski definition) is 2. The zero-order chi connectivity index (χ0) is 19.4. The Bertz CT molecular complexity index is 1060. The van der Waals surface area contributed by atoms with Crippen LogP contribution in [0.2, 0.25) is 0 Å². The summed E-state index contributed by atoms with van der Waals surface area (Å²) in [4.78, 5) is 0.0876. The second-order valence-electron chi connectivity index (χ2n) is 5.68. The third-order valence-corrected chi connectivity index (χ3v) is 5.03. The molecule has 0 saturated carbocycles. The van der Waals surface area contributed by atoms with E-state index in [4.69, 9.17) is 4.74 Å². The Kier molecular flexibility index (Phi) is 5.22. The molecule has 0 spiro atoms. The average Bonchev–Trinajstić information content (AvgIpc) is 2.63. The van der Waals surface area contributed by atoms with Gasteiger partial charge in [0.2, 0.25) is 0 Å². The van der Waals surface area contributed by atoms with Gasteiger partial charge in [0.15, 0.2) is 11.6 Å². The molecule has 0 saturated heterocycles. The van der Waals surface area contributed by atoms with Crippen LogP contribution in [0.3, 0.4) is 0 Å². The molecule has 0 aliphatic rings. The molecule has 0 aliphatic carbocycles.